The van der Waals surface area contributed by atoms with Gasteiger partial charge >= 0.3 is 0 Å². The first kappa shape index (κ1) is 19.3. The van der Waals surface area contributed by atoms with E-state index in [0.29, 0.717) is 17.0 Å². The van der Waals surface area contributed by atoms with Crippen LogP contribution in [0.5, 0.6) is 0 Å². The average Bonchev–Trinajstić information content (AvgIpc) is 3.10. The van der Waals surface area contributed by atoms with E-state index in [1.807, 2.05) is 13.8 Å². The van der Waals surface area contributed by atoms with Crippen molar-refractivity contribution in [1.29, 1.82) is 0 Å². The van der Waals surface area contributed by atoms with Crippen LogP contribution in [-0.2, 0) is 0 Å². The van der Waals surface area contributed by atoms with Crippen LogP contribution in [0, 0.1) is 19.7 Å². The van der Waals surface area contributed by atoms with Crippen molar-refractivity contribution in [2.75, 3.05) is 5.32 Å². The molecule has 7 heteroatoms. The molecule has 144 valence electrons. The first-order valence-corrected chi connectivity index (χ1v) is 8.75. The molecule has 0 fully saturated rings. The van der Waals surface area contributed by atoms with Crippen molar-refractivity contribution in [3.05, 3.63) is 82.5 Å². The second-order valence-corrected chi connectivity index (χ2v) is 6.55. The molecule has 0 saturated heterocycles. The molecule has 2 N–H and O–H groups in total. The fourth-order valence-corrected chi connectivity index (χ4v) is 2.67. The number of halogens is 1. The molecule has 2 aromatic carbocycles. The molecule has 6 nitrogen and oxygen atoms in total. The molecular weight excluding hydrogens is 361 g/mol. The number of aromatic nitrogens is 1. The number of carbonyl (C=O) groups is 2. The molecule has 0 aliphatic rings. The first-order valence-electron chi connectivity index (χ1n) is 8.75. The summed E-state index contributed by atoms with van der Waals surface area (Å²) in [7, 11) is 0. The van der Waals surface area contributed by atoms with E-state index < -0.39 is 5.91 Å². The van der Waals surface area contributed by atoms with Gasteiger partial charge in [0.25, 0.3) is 11.8 Å². The Morgan fingerprint density at radius 1 is 1.04 bits per heavy atom. The van der Waals surface area contributed by atoms with E-state index in [1.165, 1.54) is 18.2 Å². The van der Waals surface area contributed by atoms with Crippen molar-refractivity contribution < 1.29 is 18.5 Å². The van der Waals surface area contributed by atoms with Gasteiger partial charge in [0, 0.05) is 17.3 Å². The number of nitrogens with one attached hydrogen (secondary N) is 2. The molecule has 0 aliphatic heterocycles. The quantitative estimate of drug-likeness (QED) is 0.695. The van der Waals surface area contributed by atoms with Crippen molar-refractivity contribution in [2.24, 2.45) is 0 Å². The lowest BCUT2D eigenvalue weighted by molar-refractivity contribution is 0.0938. The molecule has 28 heavy (non-hydrogen) atoms. The normalized spacial score (nSPS) is 11.7. The van der Waals surface area contributed by atoms with E-state index >= 15 is 0 Å². The Kier molecular flexibility index (Phi) is 5.54. The number of hydrogen-bond acceptors (Lipinski definition) is 4. The summed E-state index contributed by atoms with van der Waals surface area (Å²) in [6, 6.07) is 12.2. The summed E-state index contributed by atoms with van der Waals surface area (Å²) in [6.45, 7) is 5.34. The van der Waals surface area contributed by atoms with Crippen molar-refractivity contribution in [3.63, 3.8) is 0 Å². The highest BCUT2D eigenvalue weighted by molar-refractivity contribution is 6.04. The van der Waals surface area contributed by atoms with Crippen molar-refractivity contribution in [3.8, 4) is 0 Å². The zero-order valence-electron chi connectivity index (χ0n) is 15.7. The minimum atomic E-state index is -0.419. The summed E-state index contributed by atoms with van der Waals surface area (Å²) in [5, 5.41) is 9.29. The number of benzene rings is 2. The SMILES string of the molecule is Cc1cc(C(=O)Nc2cc(C(=O)NC(C)c3ccc(F)cc3)ccc2C)no1. The second-order valence-electron chi connectivity index (χ2n) is 6.55. The number of carbonyl (C=O) groups excluding carboxylic acids is 2. The van der Waals surface area contributed by atoms with Gasteiger partial charge in [0.2, 0.25) is 0 Å². The minimum absolute atomic E-state index is 0.164. The van der Waals surface area contributed by atoms with Gasteiger partial charge in [-0.2, -0.15) is 0 Å². The van der Waals surface area contributed by atoms with Crippen LogP contribution in [-0.4, -0.2) is 17.0 Å². The van der Waals surface area contributed by atoms with Gasteiger partial charge in [-0.3, -0.25) is 9.59 Å². The molecule has 3 aromatic rings. The van der Waals surface area contributed by atoms with Gasteiger partial charge in [-0.15, -0.1) is 0 Å². The molecule has 1 unspecified atom stereocenters. The van der Waals surface area contributed by atoms with Gasteiger partial charge in [0.05, 0.1) is 6.04 Å². The smallest absolute Gasteiger partial charge is 0.277 e. The highest BCUT2D eigenvalue weighted by atomic mass is 19.1. The average molecular weight is 381 g/mol. The van der Waals surface area contributed by atoms with E-state index in [-0.39, 0.29) is 23.5 Å². The Bertz CT molecular complexity index is 1010. The Labute approximate surface area is 161 Å². The van der Waals surface area contributed by atoms with Crippen LogP contribution in [0.15, 0.2) is 53.1 Å². The molecule has 1 aromatic heterocycles. The predicted molar refractivity (Wildman–Crippen MR) is 103 cm³/mol. The summed E-state index contributed by atoms with van der Waals surface area (Å²) in [6.07, 6.45) is 0. The second kappa shape index (κ2) is 8.04. The highest BCUT2D eigenvalue weighted by Gasteiger charge is 2.16. The Hall–Kier alpha value is -3.48. The molecule has 3 rings (SSSR count). The molecule has 0 aliphatic carbocycles. The zero-order valence-corrected chi connectivity index (χ0v) is 15.7. The fraction of sp³-hybridized carbons (Fsp3) is 0.190. The third-order valence-corrected chi connectivity index (χ3v) is 4.33. The number of aryl methyl sites for hydroxylation is 2. The topological polar surface area (TPSA) is 84.2 Å². The van der Waals surface area contributed by atoms with Gasteiger partial charge in [-0.05, 0) is 56.2 Å². The molecule has 1 atom stereocenters. The first-order chi connectivity index (χ1) is 13.3. The van der Waals surface area contributed by atoms with Crippen LogP contribution < -0.4 is 10.6 Å². The van der Waals surface area contributed by atoms with E-state index in [9.17, 15) is 14.0 Å². The third kappa shape index (κ3) is 4.43. The number of amides is 2. The van der Waals surface area contributed by atoms with Gasteiger partial charge in [-0.25, -0.2) is 4.39 Å². The lowest BCUT2D eigenvalue weighted by Gasteiger charge is -2.15. The van der Waals surface area contributed by atoms with Gasteiger partial charge in [-0.1, -0.05) is 23.4 Å². The number of nitrogens with zero attached hydrogens (tertiary/aromatic N) is 1. The van der Waals surface area contributed by atoms with Crippen LogP contribution in [0.1, 0.15) is 50.7 Å². The standard InChI is InChI=1S/C21H20FN3O3/c1-12-4-5-16(11-18(12)24-21(27)19-10-13(2)28-25-19)20(26)23-14(3)15-6-8-17(22)9-7-15/h4-11,14H,1-3H3,(H,23,26)(H,24,27). The van der Waals surface area contributed by atoms with Gasteiger partial charge in [0.15, 0.2) is 5.69 Å². The third-order valence-electron chi connectivity index (χ3n) is 4.33. The van der Waals surface area contributed by atoms with E-state index in [1.54, 1.807) is 37.3 Å². The lowest BCUT2D eigenvalue weighted by atomic mass is 10.1. The summed E-state index contributed by atoms with van der Waals surface area (Å²) in [5.74, 6) is -0.518. The Balaban J connectivity index is 1.73. The monoisotopic (exact) mass is 381 g/mol. The minimum Gasteiger partial charge on any atom is -0.361 e. The molecule has 0 radical (unpaired) electrons. The number of anilines is 1. The van der Waals surface area contributed by atoms with E-state index in [4.69, 9.17) is 4.52 Å². The molecule has 0 saturated carbocycles. The molecular formula is C21H20FN3O3. The van der Waals surface area contributed by atoms with Crippen LogP contribution in [0.25, 0.3) is 0 Å². The van der Waals surface area contributed by atoms with Crippen molar-refractivity contribution >= 4 is 17.5 Å². The zero-order chi connectivity index (χ0) is 20.3. The molecule has 2 amide bonds. The summed E-state index contributed by atoms with van der Waals surface area (Å²) in [4.78, 5) is 24.9. The predicted octanol–water partition coefficient (Wildman–Crippen LogP) is 4.17. The van der Waals surface area contributed by atoms with E-state index in [2.05, 4.69) is 15.8 Å². The van der Waals surface area contributed by atoms with Gasteiger partial charge in [0.1, 0.15) is 11.6 Å². The summed E-state index contributed by atoms with van der Waals surface area (Å²) < 4.78 is 18.0. The Morgan fingerprint density at radius 3 is 2.39 bits per heavy atom. The van der Waals surface area contributed by atoms with Crippen LogP contribution in [0.2, 0.25) is 0 Å². The lowest BCUT2D eigenvalue weighted by Crippen LogP contribution is -2.26. The van der Waals surface area contributed by atoms with Crippen LogP contribution >= 0.6 is 0 Å². The van der Waals surface area contributed by atoms with E-state index in [0.717, 1.165) is 11.1 Å². The molecule has 0 bridgehead atoms. The molecule has 0 spiro atoms. The number of hydrogen-bond donors (Lipinski definition) is 2. The fourth-order valence-electron chi connectivity index (χ4n) is 2.67. The maximum Gasteiger partial charge on any atom is 0.277 e. The van der Waals surface area contributed by atoms with Crippen molar-refractivity contribution in [1.82, 2.24) is 10.5 Å². The highest BCUT2D eigenvalue weighted by Crippen LogP contribution is 2.20. The summed E-state index contributed by atoms with van der Waals surface area (Å²) in [5.41, 5.74) is 2.66. The van der Waals surface area contributed by atoms with Crippen molar-refractivity contribution in [2.45, 2.75) is 26.8 Å². The largest absolute Gasteiger partial charge is 0.361 e. The van der Waals surface area contributed by atoms with Gasteiger partial charge < -0.3 is 15.2 Å². The Morgan fingerprint density at radius 2 is 1.75 bits per heavy atom. The maximum absolute atomic E-state index is 13.1. The number of rotatable bonds is 5. The maximum atomic E-state index is 13.1. The van der Waals surface area contributed by atoms with Crippen LogP contribution in [0.4, 0.5) is 10.1 Å². The van der Waals surface area contributed by atoms with Crippen LogP contribution in [0.3, 0.4) is 0 Å². The summed E-state index contributed by atoms with van der Waals surface area (Å²) >= 11 is 0. The molecule has 1 heterocycles.